The van der Waals surface area contributed by atoms with Gasteiger partial charge in [-0.2, -0.15) is 0 Å². The maximum atomic E-state index is 12.8. The Hall–Kier alpha value is 0.0700. The molecule has 0 saturated carbocycles. The van der Waals surface area contributed by atoms with Gasteiger partial charge in [-0.1, -0.05) is 37.9 Å². The summed E-state index contributed by atoms with van der Waals surface area (Å²) in [5.41, 5.74) is 1.11. The van der Waals surface area contributed by atoms with Crippen molar-refractivity contribution in [3.8, 4) is 0 Å². The molecule has 1 nitrogen and oxygen atoms in total. The fourth-order valence-electron chi connectivity index (χ4n) is 1.16. The molecule has 78 valence electrons. The molecular formula is C10H12Br2FN. The summed E-state index contributed by atoms with van der Waals surface area (Å²) in [4.78, 5) is 2.17. The second-order valence-electron chi connectivity index (χ2n) is 3.16. The van der Waals surface area contributed by atoms with Crippen molar-refractivity contribution in [2.75, 3.05) is 18.9 Å². The Morgan fingerprint density at radius 1 is 1.43 bits per heavy atom. The molecule has 1 aromatic rings. The summed E-state index contributed by atoms with van der Waals surface area (Å²) in [5.74, 6) is -0.205. The summed E-state index contributed by atoms with van der Waals surface area (Å²) in [6.45, 7) is 1.80. The van der Waals surface area contributed by atoms with Crippen molar-refractivity contribution in [2.45, 2.75) is 6.54 Å². The SMILES string of the molecule is CN(CCBr)Cc1ccc(F)cc1Br. The Bertz CT molecular complexity index is 304. The Labute approximate surface area is 101 Å². The van der Waals surface area contributed by atoms with Crippen molar-refractivity contribution in [3.63, 3.8) is 0 Å². The first-order valence-corrected chi connectivity index (χ1v) is 6.23. The molecule has 0 aliphatic heterocycles. The van der Waals surface area contributed by atoms with Gasteiger partial charge in [-0.05, 0) is 24.7 Å². The molecule has 0 fully saturated rings. The Kier molecular flexibility index (Phi) is 5.06. The normalized spacial score (nSPS) is 10.9. The number of alkyl halides is 1. The summed E-state index contributed by atoms with van der Waals surface area (Å²) in [7, 11) is 2.04. The van der Waals surface area contributed by atoms with Crippen molar-refractivity contribution in [1.82, 2.24) is 4.90 Å². The van der Waals surface area contributed by atoms with Crippen LogP contribution in [0.3, 0.4) is 0 Å². The highest BCUT2D eigenvalue weighted by atomic mass is 79.9. The summed E-state index contributed by atoms with van der Waals surface area (Å²) >= 11 is 6.73. The van der Waals surface area contributed by atoms with Gasteiger partial charge < -0.3 is 4.90 Å². The molecule has 1 aromatic carbocycles. The van der Waals surface area contributed by atoms with Gasteiger partial charge in [-0.25, -0.2) is 4.39 Å². The molecule has 0 heterocycles. The topological polar surface area (TPSA) is 3.24 Å². The third-order valence-electron chi connectivity index (χ3n) is 1.92. The second kappa shape index (κ2) is 5.83. The molecule has 0 radical (unpaired) electrons. The van der Waals surface area contributed by atoms with Crippen molar-refractivity contribution in [1.29, 1.82) is 0 Å². The van der Waals surface area contributed by atoms with E-state index in [1.807, 2.05) is 13.1 Å². The first-order chi connectivity index (χ1) is 6.63. The highest BCUT2D eigenvalue weighted by Gasteiger charge is 2.04. The lowest BCUT2D eigenvalue weighted by Crippen LogP contribution is -2.20. The van der Waals surface area contributed by atoms with Gasteiger partial charge in [0, 0.05) is 22.9 Å². The molecule has 4 heteroatoms. The van der Waals surface area contributed by atoms with E-state index in [0.29, 0.717) is 0 Å². The first-order valence-electron chi connectivity index (χ1n) is 4.32. The van der Waals surface area contributed by atoms with Crippen LogP contribution in [0, 0.1) is 5.82 Å². The summed E-state index contributed by atoms with van der Waals surface area (Å²) < 4.78 is 13.6. The molecule has 1 rings (SSSR count). The quantitative estimate of drug-likeness (QED) is 0.767. The van der Waals surface area contributed by atoms with Crippen LogP contribution in [0.5, 0.6) is 0 Å². The molecule has 0 atom stereocenters. The molecule has 0 aliphatic carbocycles. The summed E-state index contributed by atoms with van der Waals surface area (Å²) in [6.07, 6.45) is 0. The number of halogens is 3. The van der Waals surface area contributed by atoms with Crippen molar-refractivity contribution >= 4 is 31.9 Å². The molecule has 0 spiro atoms. The van der Waals surface area contributed by atoms with Crippen LogP contribution < -0.4 is 0 Å². The minimum Gasteiger partial charge on any atom is -0.301 e. The van der Waals surface area contributed by atoms with Crippen LogP contribution in [-0.2, 0) is 6.54 Å². The van der Waals surface area contributed by atoms with E-state index in [4.69, 9.17) is 0 Å². The van der Waals surface area contributed by atoms with Gasteiger partial charge in [0.1, 0.15) is 5.82 Å². The van der Waals surface area contributed by atoms with Crippen LogP contribution >= 0.6 is 31.9 Å². The molecule has 0 aromatic heterocycles. The van der Waals surface area contributed by atoms with Crippen LogP contribution in [0.1, 0.15) is 5.56 Å². The van der Waals surface area contributed by atoms with E-state index in [1.165, 1.54) is 12.1 Å². The molecule has 0 aliphatic rings. The average Bonchev–Trinajstić information content (AvgIpc) is 2.10. The molecule has 14 heavy (non-hydrogen) atoms. The van der Waals surface area contributed by atoms with Crippen molar-refractivity contribution in [2.24, 2.45) is 0 Å². The minimum atomic E-state index is -0.205. The summed E-state index contributed by atoms with van der Waals surface area (Å²) in [6, 6.07) is 4.80. The van der Waals surface area contributed by atoms with Crippen molar-refractivity contribution in [3.05, 3.63) is 34.1 Å². The average molecular weight is 325 g/mol. The van der Waals surface area contributed by atoms with Gasteiger partial charge in [0.05, 0.1) is 0 Å². The monoisotopic (exact) mass is 323 g/mol. The number of rotatable bonds is 4. The smallest absolute Gasteiger partial charge is 0.124 e. The second-order valence-corrected chi connectivity index (χ2v) is 4.81. The number of hydrogen-bond acceptors (Lipinski definition) is 1. The van der Waals surface area contributed by atoms with E-state index < -0.39 is 0 Å². The largest absolute Gasteiger partial charge is 0.301 e. The fourth-order valence-corrected chi connectivity index (χ4v) is 2.25. The predicted molar refractivity (Wildman–Crippen MR) is 64.2 cm³/mol. The van der Waals surface area contributed by atoms with Gasteiger partial charge in [0.2, 0.25) is 0 Å². The highest BCUT2D eigenvalue weighted by Crippen LogP contribution is 2.19. The third kappa shape index (κ3) is 3.67. The zero-order valence-electron chi connectivity index (χ0n) is 7.93. The van der Waals surface area contributed by atoms with Gasteiger partial charge in [-0.15, -0.1) is 0 Å². The standard InChI is InChI=1S/C10H12Br2FN/c1-14(5-4-11)7-8-2-3-9(13)6-10(8)12/h2-3,6H,4-5,7H2,1H3. The zero-order chi connectivity index (χ0) is 10.6. The lowest BCUT2D eigenvalue weighted by Gasteiger charge is -2.15. The van der Waals surface area contributed by atoms with Gasteiger partial charge in [-0.3, -0.25) is 0 Å². The van der Waals surface area contributed by atoms with Gasteiger partial charge in [0.25, 0.3) is 0 Å². The van der Waals surface area contributed by atoms with E-state index in [1.54, 1.807) is 0 Å². The fraction of sp³-hybridized carbons (Fsp3) is 0.400. The summed E-state index contributed by atoms with van der Waals surface area (Å²) in [5, 5.41) is 0.947. The minimum absolute atomic E-state index is 0.205. The number of benzene rings is 1. The molecule has 0 unspecified atom stereocenters. The molecular weight excluding hydrogens is 313 g/mol. The van der Waals surface area contributed by atoms with Crippen molar-refractivity contribution < 1.29 is 4.39 Å². The van der Waals surface area contributed by atoms with E-state index in [-0.39, 0.29) is 5.82 Å². The zero-order valence-corrected chi connectivity index (χ0v) is 11.1. The Morgan fingerprint density at radius 3 is 2.71 bits per heavy atom. The van der Waals surface area contributed by atoms with Crippen LogP contribution in [-0.4, -0.2) is 23.8 Å². The predicted octanol–water partition coefficient (Wildman–Crippen LogP) is 3.41. The van der Waals surface area contributed by atoms with Crippen LogP contribution in [0.2, 0.25) is 0 Å². The maximum Gasteiger partial charge on any atom is 0.124 e. The third-order valence-corrected chi connectivity index (χ3v) is 3.01. The number of nitrogens with zero attached hydrogens (tertiary/aromatic N) is 1. The Morgan fingerprint density at radius 2 is 2.14 bits per heavy atom. The Balaban J connectivity index is 2.67. The van der Waals surface area contributed by atoms with E-state index in [2.05, 4.69) is 36.8 Å². The van der Waals surface area contributed by atoms with Gasteiger partial charge >= 0.3 is 0 Å². The highest BCUT2D eigenvalue weighted by molar-refractivity contribution is 9.10. The lowest BCUT2D eigenvalue weighted by molar-refractivity contribution is 0.348. The maximum absolute atomic E-state index is 12.8. The first kappa shape index (κ1) is 12.1. The molecule has 0 N–H and O–H groups in total. The molecule has 0 saturated heterocycles. The van der Waals surface area contributed by atoms with E-state index in [9.17, 15) is 4.39 Å². The van der Waals surface area contributed by atoms with Crippen LogP contribution in [0.25, 0.3) is 0 Å². The van der Waals surface area contributed by atoms with E-state index >= 15 is 0 Å². The van der Waals surface area contributed by atoms with E-state index in [0.717, 1.165) is 28.5 Å². The molecule has 0 amide bonds. The van der Waals surface area contributed by atoms with Crippen LogP contribution in [0.15, 0.2) is 22.7 Å². The number of hydrogen-bond donors (Lipinski definition) is 0. The molecule has 0 bridgehead atoms. The van der Waals surface area contributed by atoms with Crippen LogP contribution in [0.4, 0.5) is 4.39 Å². The van der Waals surface area contributed by atoms with Gasteiger partial charge in [0.15, 0.2) is 0 Å². The lowest BCUT2D eigenvalue weighted by atomic mass is 10.2.